The lowest BCUT2D eigenvalue weighted by atomic mass is 9.82. The first kappa shape index (κ1) is 27.9. The molecule has 0 aromatic heterocycles. The van der Waals surface area contributed by atoms with Gasteiger partial charge in [-0.2, -0.15) is 0 Å². The summed E-state index contributed by atoms with van der Waals surface area (Å²) in [6.07, 6.45) is 0.584. The van der Waals surface area contributed by atoms with Crippen LogP contribution in [0.1, 0.15) is 64.9 Å². The molecule has 10 nitrogen and oxygen atoms in total. The van der Waals surface area contributed by atoms with Crippen molar-refractivity contribution in [2.45, 2.75) is 65.3 Å². The topological polar surface area (TPSA) is 151 Å². The number of esters is 2. The van der Waals surface area contributed by atoms with E-state index in [-0.39, 0.29) is 37.6 Å². The number of hydrogen-bond donors (Lipinski definition) is 2. The minimum absolute atomic E-state index is 0.0171. The number of carboxylic acids is 1. The van der Waals surface area contributed by atoms with Crippen molar-refractivity contribution in [2.75, 3.05) is 13.2 Å². The molecule has 0 aliphatic rings. The molecule has 0 bridgehead atoms. The van der Waals surface area contributed by atoms with Crippen molar-refractivity contribution >= 4 is 24.1 Å². The standard InChI is InChI=1S/C23H33NO9/c1-5-8-18(25)32-16-11-10-15(12-17(16)33-19(26)9-6-2)20(21(24)22(27)28)14(4)13-31-23(29)30-7-3/h10-12,14,20-21H,5-9,13,24H2,1-4H3,(H,27,28)/t14?,20?,21-/m0/s1. The maximum absolute atomic E-state index is 12.1. The van der Waals surface area contributed by atoms with Gasteiger partial charge < -0.3 is 29.8 Å². The number of carboxylic acid groups (broad SMARTS) is 1. The molecule has 33 heavy (non-hydrogen) atoms. The van der Waals surface area contributed by atoms with E-state index in [0.29, 0.717) is 18.4 Å². The van der Waals surface area contributed by atoms with Gasteiger partial charge in [0.1, 0.15) is 6.04 Å². The predicted octanol–water partition coefficient (Wildman–Crippen LogP) is 3.40. The Hall–Kier alpha value is -3.14. The minimum atomic E-state index is -1.35. The molecule has 2 unspecified atom stereocenters. The third-order valence-corrected chi connectivity index (χ3v) is 4.72. The normalized spacial score (nSPS) is 13.4. The Morgan fingerprint density at radius 3 is 2.03 bits per heavy atom. The molecule has 1 aromatic rings. The lowest BCUT2D eigenvalue weighted by Gasteiger charge is -2.28. The summed E-state index contributed by atoms with van der Waals surface area (Å²) >= 11 is 0. The van der Waals surface area contributed by atoms with Crippen molar-refractivity contribution in [3.8, 4) is 11.5 Å². The Kier molecular flexibility index (Phi) is 11.9. The van der Waals surface area contributed by atoms with Gasteiger partial charge >= 0.3 is 24.1 Å². The summed E-state index contributed by atoms with van der Waals surface area (Å²) in [6, 6.07) is 3.05. The van der Waals surface area contributed by atoms with Crippen molar-refractivity contribution in [1.82, 2.24) is 0 Å². The zero-order valence-electron chi connectivity index (χ0n) is 19.5. The second kappa shape index (κ2) is 14.1. The van der Waals surface area contributed by atoms with E-state index in [1.807, 2.05) is 13.8 Å². The summed E-state index contributed by atoms with van der Waals surface area (Å²) in [4.78, 5) is 47.3. The zero-order chi connectivity index (χ0) is 25.0. The molecule has 1 aromatic carbocycles. The molecule has 10 heteroatoms. The van der Waals surface area contributed by atoms with Crippen LogP contribution in [0, 0.1) is 5.92 Å². The molecular weight excluding hydrogens is 434 g/mol. The molecule has 0 heterocycles. The van der Waals surface area contributed by atoms with Gasteiger partial charge in [-0.15, -0.1) is 0 Å². The summed E-state index contributed by atoms with van der Waals surface area (Å²) in [5.74, 6) is -3.61. The van der Waals surface area contributed by atoms with E-state index in [1.54, 1.807) is 19.9 Å². The van der Waals surface area contributed by atoms with Gasteiger partial charge in [-0.1, -0.05) is 26.8 Å². The third-order valence-electron chi connectivity index (χ3n) is 4.72. The molecule has 3 N–H and O–H groups in total. The van der Waals surface area contributed by atoms with Crippen LogP contribution < -0.4 is 15.2 Å². The molecular formula is C23H33NO9. The Balaban J connectivity index is 3.31. The van der Waals surface area contributed by atoms with E-state index in [1.165, 1.54) is 12.1 Å². The fourth-order valence-electron chi connectivity index (χ4n) is 3.16. The number of nitrogens with two attached hydrogens (primary N) is 1. The van der Waals surface area contributed by atoms with Gasteiger partial charge in [0.2, 0.25) is 0 Å². The van der Waals surface area contributed by atoms with Crippen LogP contribution in [-0.2, 0) is 23.9 Å². The number of benzene rings is 1. The second-order valence-electron chi connectivity index (χ2n) is 7.52. The summed E-state index contributed by atoms with van der Waals surface area (Å²) in [6.45, 7) is 6.92. The van der Waals surface area contributed by atoms with Crippen molar-refractivity contribution < 1.29 is 43.2 Å². The number of carbonyl (C=O) groups is 4. The van der Waals surface area contributed by atoms with Crippen molar-refractivity contribution in [3.63, 3.8) is 0 Å². The number of carbonyl (C=O) groups excluding carboxylic acids is 3. The second-order valence-corrected chi connectivity index (χ2v) is 7.52. The highest BCUT2D eigenvalue weighted by atomic mass is 16.7. The first-order valence-corrected chi connectivity index (χ1v) is 11.0. The molecule has 0 spiro atoms. The van der Waals surface area contributed by atoms with Crippen molar-refractivity contribution in [3.05, 3.63) is 23.8 Å². The highest BCUT2D eigenvalue weighted by molar-refractivity contribution is 5.77. The smallest absolute Gasteiger partial charge is 0.480 e. The van der Waals surface area contributed by atoms with E-state index < -0.39 is 41.9 Å². The third kappa shape index (κ3) is 9.09. The first-order valence-electron chi connectivity index (χ1n) is 11.0. The van der Waals surface area contributed by atoms with E-state index in [0.717, 1.165) is 0 Å². The zero-order valence-corrected chi connectivity index (χ0v) is 19.5. The Morgan fingerprint density at radius 2 is 1.52 bits per heavy atom. The highest BCUT2D eigenvalue weighted by Crippen LogP contribution is 2.36. The predicted molar refractivity (Wildman–Crippen MR) is 118 cm³/mol. The number of aliphatic carboxylic acids is 1. The molecule has 0 radical (unpaired) electrons. The maximum Gasteiger partial charge on any atom is 0.508 e. The quantitative estimate of drug-likeness (QED) is 0.326. The number of ether oxygens (including phenoxy) is 4. The summed E-state index contributed by atoms with van der Waals surface area (Å²) in [5, 5.41) is 9.53. The van der Waals surface area contributed by atoms with Gasteiger partial charge in [0.05, 0.1) is 13.2 Å². The molecule has 0 aliphatic carbocycles. The summed E-state index contributed by atoms with van der Waals surface area (Å²) < 4.78 is 20.5. The number of rotatable bonds is 13. The van der Waals surface area contributed by atoms with Crippen molar-refractivity contribution in [2.24, 2.45) is 11.7 Å². The lowest BCUT2D eigenvalue weighted by molar-refractivity contribution is -0.139. The maximum atomic E-state index is 12.1. The van der Waals surface area contributed by atoms with Gasteiger partial charge in [0.25, 0.3) is 0 Å². The summed E-state index contributed by atoms with van der Waals surface area (Å²) in [7, 11) is 0. The van der Waals surface area contributed by atoms with E-state index in [2.05, 4.69) is 0 Å². The fraction of sp³-hybridized carbons (Fsp3) is 0.565. The fourth-order valence-corrected chi connectivity index (χ4v) is 3.16. The van der Waals surface area contributed by atoms with E-state index >= 15 is 0 Å². The van der Waals surface area contributed by atoms with Crippen LogP contribution in [0.2, 0.25) is 0 Å². The van der Waals surface area contributed by atoms with E-state index in [4.69, 9.17) is 24.7 Å². The molecule has 0 aliphatic heterocycles. The molecule has 0 saturated carbocycles. The Morgan fingerprint density at radius 1 is 0.939 bits per heavy atom. The largest absolute Gasteiger partial charge is 0.508 e. The molecule has 0 saturated heterocycles. The van der Waals surface area contributed by atoms with Crippen LogP contribution in [0.5, 0.6) is 11.5 Å². The van der Waals surface area contributed by atoms with Gasteiger partial charge in [-0.25, -0.2) is 4.79 Å². The first-order chi connectivity index (χ1) is 15.6. The minimum Gasteiger partial charge on any atom is -0.480 e. The molecule has 3 atom stereocenters. The van der Waals surface area contributed by atoms with Crippen LogP contribution in [0.4, 0.5) is 4.79 Å². The van der Waals surface area contributed by atoms with Crippen LogP contribution in [0.3, 0.4) is 0 Å². The Bertz CT molecular complexity index is 824. The van der Waals surface area contributed by atoms with Crippen molar-refractivity contribution in [1.29, 1.82) is 0 Å². The summed E-state index contributed by atoms with van der Waals surface area (Å²) in [5.41, 5.74) is 6.37. The average molecular weight is 468 g/mol. The van der Waals surface area contributed by atoms with E-state index in [9.17, 15) is 24.3 Å². The average Bonchev–Trinajstić information content (AvgIpc) is 2.74. The SMILES string of the molecule is CCCC(=O)Oc1ccc(C(C(C)COC(=O)OCC)[C@H](N)C(=O)O)cc1OC(=O)CCC. The number of hydrogen-bond acceptors (Lipinski definition) is 9. The monoisotopic (exact) mass is 467 g/mol. The van der Waals surface area contributed by atoms with Crippen LogP contribution in [0.25, 0.3) is 0 Å². The van der Waals surface area contributed by atoms with Crippen LogP contribution >= 0.6 is 0 Å². The van der Waals surface area contributed by atoms with Gasteiger partial charge in [-0.05, 0) is 43.4 Å². The molecule has 184 valence electrons. The Labute approximate surface area is 193 Å². The van der Waals surface area contributed by atoms with Crippen LogP contribution in [0.15, 0.2) is 18.2 Å². The molecule has 0 amide bonds. The van der Waals surface area contributed by atoms with Crippen LogP contribution in [-0.4, -0.2) is 48.4 Å². The van der Waals surface area contributed by atoms with Gasteiger partial charge in [-0.3, -0.25) is 14.4 Å². The van der Waals surface area contributed by atoms with Gasteiger partial charge in [0.15, 0.2) is 11.5 Å². The van der Waals surface area contributed by atoms with Gasteiger partial charge in [0, 0.05) is 18.8 Å². The molecule has 1 rings (SSSR count). The highest BCUT2D eigenvalue weighted by Gasteiger charge is 2.32. The lowest BCUT2D eigenvalue weighted by Crippen LogP contribution is -2.40. The molecule has 0 fully saturated rings.